The molecule has 9 heteroatoms. The van der Waals surface area contributed by atoms with Crippen LogP contribution in [0.5, 0.6) is 0 Å². The van der Waals surface area contributed by atoms with Gasteiger partial charge < -0.3 is 19.5 Å². The molecular weight excluding hydrogens is 813 g/mol. The number of benzene rings is 1. The molecule has 9 nitrogen and oxygen atoms in total. The van der Waals surface area contributed by atoms with Crippen molar-refractivity contribution in [3.05, 3.63) is 35.5 Å². The Morgan fingerprint density at radius 3 is 2.09 bits per heavy atom. The van der Waals surface area contributed by atoms with E-state index in [1.165, 1.54) is 18.1 Å². The molecule has 3 fully saturated rings. The minimum atomic E-state index is -1.63. The first kappa shape index (κ1) is 51.5. The van der Waals surface area contributed by atoms with E-state index in [0.29, 0.717) is 49.4 Å². The predicted octanol–water partition coefficient (Wildman–Crippen LogP) is 11.4. The van der Waals surface area contributed by atoms with E-state index in [2.05, 4.69) is 80.2 Å². The molecule has 0 amide bonds. The average Bonchev–Trinajstić information content (AvgIpc) is 3.60. The highest BCUT2D eigenvalue weighted by Gasteiger charge is 2.77. The quantitative estimate of drug-likeness (QED) is 0.119. The van der Waals surface area contributed by atoms with Crippen LogP contribution >= 0.6 is 0 Å². The summed E-state index contributed by atoms with van der Waals surface area (Å²) in [7, 11) is 1.37. The first-order valence-electron chi connectivity index (χ1n) is 26.0. The lowest BCUT2D eigenvalue weighted by molar-refractivity contribution is -0.212. The maximum atomic E-state index is 15.1. The number of esters is 1. The van der Waals surface area contributed by atoms with Crippen LogP contribution in [0, 0.1) is 63.1 Å². The number of nitrogens with zero attached hydrogens (tertiary/aromatic N) is 2. The molecule has 364 valence electrons. The number of ketones is 3. The zero-order valence-electron chi connectivity index (χ0n) is 42.9. The van der Waals surface area contributed by atoms with Crippen LogP contribution in [-0.2, 0) is 36.1 Å². The fourth-order valence-electron chi connectivity index (χ4n) is 14.2. The fraction of sp³-hybridized carbons (Fsp3) is 0.786. The largest absolute Gasteiger partial charge is 0.465 e. The van der Waals surface area contributed by atoms with Crippen LogP contribution < -0.4 is 0 Å². The van der Waals surface area contributed by atoms with Crippen molar-refractivity contribution in [3.8, 4) is 0 Å². The van der Waals surface area contributed by atoms with Crippen LogP contribution in [0.3, 0.4) is 0 Å². The summed E-state index contributed by atoms with van der Waals surface area (Å²) >= 11 is 0. The number of piperidine rings is 1. The number of methoxy groups -OCH3 is 1. The monoisotopic (exact) mass is 901 g/mol. The number of aliphatic hydroxyl groups is 2. The number of hydrogen-bond donors (Lipinski definition) is 2. The molecule has 7 rings (SSSR count). The first-order chi connectivity index (χ1) is 30.5. The van der Waals surface area contributed by atoms with Crippen LogP contribution in [0.2, 0.25) is 0 Å². The Bertz CT molecular complexity index is 2050. The summed E-state index contributed by atoms with van der Waals surface area (Å²) in [5.41, 5.74) is -1.66. The number of carbonyl (C=O) groups excluding carboxylic acids is 4. The number of carbonyl (C=O) groups is 4. The van der Waals surface area contributed by atoms with E-state index in [1.54, 1.807) is 0 Å². The van der Waals surface area contributed by atoms with Crippen LogP contribution in [0.1, 0.15) is 190 Å². The summed E-state index contributed by atoms with van der Waals surface area (Å²) < 4.78 is 7.01. The maximum absolute atomic E-state index is 15.1. The number of ether oxygens (including phenoxy) is 1. The second-order valence-electron chi connectivity index (χ2n) is 23.8. The third-order valence-electron chi connectivity index (χ3n) is 17.7. The highest BCUT2D eigenvalue weighted by Crippen LogP contribution is 2.68. The number of Topliss-reactive ketones (excluding diaryl/α,β-unsaturated/α-hetero) is 3. The molecule has 0 spiro atoms. The minimum Gasteiger partial charge on any atom is -0.465 e. The number of para-hydroxylation sites is 1. The van der Waals surface area contributed by atoms with Gasteiger partial charge in [-0.05, 0) is 123 Å². The summed E-state index contributed by atoms with van der Waals surface area (Å²) in [4.78, 5) is 59.7. The summed E-state index contributed by atoms with van der Waals surface area (Å²) in [5, 5.41) is 25.3. The standard InChI is InChI=1S/C35H62O4.C21H26N2O3/c1-22(2)13-12-19-33(11)27(16-14-23(3)4)21-34(20-18-25(7)8)30(37)28(17-15-24(5)6)31(38)35(33,32(34)39)29(36)26(9)10;1-3-20-10-6-11-22-12-9-15-14-7-4-5-8-16(14)23(17(15)18(20)22)21(25,13-20)19(24)26-2/h22-28,31,38H,12-21H2,1-11H3;4-5,7-8,18,25H,3,6,9-13H2,1-2H3/t27-,28?,31?,33+,34+,35-;18-,20+,21+/m11/s1. The summed E-state index contributed by atoms with van der Waals surface area (Å²) in [6.07, 6.45) is 11.0. The molecule has 0 radical (unpaired) electrons. The van der Waals surface area contributed by atoms with E-state index in [0.717, 1.165) is 94.9 Å². The molecule has 2 bridgehead atoms. The Balaban J connectivity index is 0.000000231. The Hall–Kier alpha value is -2.88. The van der Waals surface area contributed by atoms with E-state index >= 15 is 4.79 Å². The van der Waals surface area contributed by atoms with Crippen LogP contribution in [-0.4, -0.2) is 69.3 Å². The predicted molar refractivity (Wildman–Crippen MR) is 260 cm³/mol. The molecule has 1 saturated heterocycles. The van der Waals surface area contributed by atoms with Crippen molar-refractivity contribution in [2.24, 2.45) is 63.1 Å². The first-order valence-corrected chi connectivity index (χ1v) is 26.0. The molecular formula is C56H88N2O7. The Morgan fingerprint density at radius 2 is 1.49 bits per heavy atom. The van der Waals surface area contributed by atoms with Gasteiger partial charge in [0.2, 0.25) is 5.72 Å². The van der Waals surface area contributed by atoms with Crippen molar-refractivity contribution in [2.75, 3.05) is 20.2 Å². The van der Waals surface area contributed by atoms with Crippen molar-refractivity contribution in [1.82, 2.24) is 9.47 Å². The smallest absolute Gasteiger partial charge is 0.359 e. The number of fused-ring (bicyclic) bond motifs is 5. The zero-order chi connectivity index (χ0) is 48.0. The van der Waals surface area contributed by atoms with Gasteiger partial charge >= 0.3 is 5.97 Å². The van der Waals surface area contributed by atoms with Gasteiger partial charge in [-0.1, -0.05) is 127 Å². The number of aromatic nitrogens is 1. The molecule has 65 heavy (non-hydrogen) atoms. The van der Waals surface area contributed by atoms with Gasteiger partial charge in [-0.2, -0.15) is 0 Å². The lowest BCUT2D eigenvalue weighted by Gasteiger charge is -2.65. The van der Waals surface area contributed by atoms with E-state index in [9.17, 15) is 24.6 Å². The van der Waals surface area contributed by atoms with Crippen molar-refractivity contribution >= 4 is 34.2 Å². The normalized spacial score (nSPS) is 33.2. The summed E-state index contributed by atoms with van der Waals surface area (Å²) in [6.45, 7) is 27.7. The van der Waals surface area contributed by atoms with Crippen LogP contribution in [0.15, 0.2) is 24.3 Å². The zero-order valence-corrected chi connectivity index (χ0v) is 42.9. The highest BCUT2D eigenvalue weighted by atomic mass is 16.5. The van der Waals surface area contributed by atoms with Gasteiger partial charge in [0.1, 0.15) is 5.41 Å². The topological polar surface area (TPSA) is 126 Å². The SMILES string of the molecule is CC(C)CCC[C@@]1(C)[C@H](CCC(C)C)C[C@@]2(CCC(C)C)C(=O)C(CCC(C)C)C(O)[C@]1(C(=O)C(C)C)C2=O.CC[C@]12CCCN3CCc4c(n(c5ccccc45)[C@@](O)(C(=O)OC)C1)[C@@H]32. The van der Waals surface area contributed by atoms with Gasteiger partial charge in [-0.15, -0.1) is 0 Å². The molecule has 2 N–H and O–H groups in total. The van der Waals surface area contributed by atoms with E-state index < -0.39 is 45.9 Å². The van der Waals surface area contributed by atoms with Crippen LogP contribution in [0.4, 0.5) is 0 Å². The maximum Gasteiger partial charge on any atom is 0.359 e. The second kappa shape index (κ2) is 19.6. The molecule has 1 aromatic carbocycles. The van der Waals surface area contributed by atoms with Gasteiger partial charge in [0.25, 0.3) is 0 Å². The summed E-state index contributed by atoms with van der Waals surface area (Å²) in [5.74, 6) is -0.212. The lowest BCUT2D eigenvalue weighted by atomic mass is 9.35. The Labute approximate surface area is 392 Å². The lowest BCUT2D eigenvalue weighted by Crippen LogP contribution is -2.76. The molecule has 2 aliphatic carbocycles. The van der Waals surface area contributed by atoms with E-state index in [1.807, 2.05) is 36.6 Å². The molecule has 2 saturated carbocycles. The number of aliphatic hydroxyl groups excluding tert-OH is 1. The molecule has 2 unspecified atom stereocenters. The van der Waals surface area contributed by atoms with Crippen molar-refractivity contribution in [1.29, 1.82) is 0 Å². The number of hydrogen-bond acceptors (Lipinski definition) is 8. The molecule has 5 aliphatic rings. The number of rotatable bonds is 17. The minimum absolute atomic E-state index is 0.0456. The van der Waals surface area contributed by atoms with Crippen LogP contribution in [0.25, 0.3) is 10.9 Å². The summed E-state index contributed by atoms with van der Waals surface area (Å²) in [6, 6.07) is 8.45. The fourth-order valence-corrected chi connectivity index (χ4v) is 14.2. The second-order valence-corrected chi connectivity index (χ2v) is 23.8. The van der Waals surface area contributed by atoms with Gasteiger partial charge in [-0.3, -0.25) is 19.3 Å². The molecule has 3 aliphatic heterocycles. The van der Waals surface area contributed by atoms with Crippen molar-refractivity contribution < 1.29 is 34.1 Å². The Morgan fingerprint density at radius 1 is 0.862 bits per heavy atom. The van der Waals surface area contributed by atoms with Gasteiger partial charge in [0.05, 0.1) is 30.2 Å². The van der Waals surface area contributed by atoms with Crippen molar-refractivity contribution in [2.45, 2.75) is 197 Å². The Kier molecular flexibility index (Phi) is 15.5. The van der Waals surface area contributed by atoms with Gasteiger partial charge in [-0.25, -0.2) is 4.79 Å². The van der Waals surface area contributed by atoms with E-state index in [-0.39, 0.29) is 34.7 Å². The molecule has 2 aromatic rings. The molecule has 9 atom stereocenters. The third-order valence-corrected chi connectivity index (χ3v) is 17.7. The third kappa shape index (κ3) is 8.54. The van der Waals surface area contributed by atoms with Crippen molar-refractivity contribution in [3.63, 3.8) is 0 Å². The van der Waals surface area contributed by atoms with E-state index in [4.69, 9.17) is 4.74 Å². The van der Waals surface area contributed by atoms with Gasteiger partial charge in [0.15, 0.2) is 17.3 Å². The molecule has 1 aromatic heterocycles. The molecule has 4 heterocycles. The van der Waals surface area contributed by atoms with Gasteiger partial charge in [0, 0.05) is 35.9 Å². The average molecular weight is 901 g/mol. The highest BCUT2D eigenvalue weighted by molar-refractivity contribution is 6.22.